The Morgan fingerprint density at radius 1 is 1.03 bits per heavy atom. The van der Waals surface area contributed by atoms with Crippen molar-refractivity contribution in [2.75, 3.05) is 30.0 Å². The number of aromatic nitrogens is 5. The van der Waals surface area contributed by atoms with Gasteiger partial charge in [-0.05, 0) is 107 Å². The van der Waals surface area contributed by atoms with Gasteiger partial charge >= 0.3 is 13.9 Å². The van der Waals surface area contributed by atoms with Crippen LogP contribution in [0.2, 0.25) is 5.02 Å². The van der Waals surface area contributed by atoms with Crippen molar-refractivity contribution in [1.29, 1.82) is 5.26 Å². The number of nitrogens with one attached hydrogen (secondary N) is 1. The monoisotopic (exact) mass is 886 g/mol. The normalized spacial score (nSPS) is 18.2. The molecule has 3 aliphatic rings. The fourth-order valence-corrected chi connectivity index (χ4v) is 10.1. The molecule has 330 valence electrons. The Bertz CT molecular complexity index is 2630. The van der Waals surface area contributed by atoms with Gasteiger partial charge in [0.05, 0.1) is 63.6 Å². The molecule has 0 aliphatic heterocycles. The highest BCUT2D eigenvalue weighted by Gasteiger charge is 2.59. The van der Waals surface area contributed by atoms with Gasteiger partial charge in [0.15, 0.2) is 0 Å². The Hall–Kier alpha value is -4.84. The van der Waals surface area contributed by atoms with Crippen LogP contribution in [-0.2, 0) is 35.5 Å². The standard InChI is InChI=1S/C45H56ClN8O7P/c1-42(2,3)27-49-37-29(24-47)25-48-38-34(37)19-30(20-35(38)46)54(41(56)58-17-12-18-59-62(57,60-43(4,5)6)61-44(7,8)9)39(36-26-53(51-50-36)45-21-28(22-45)23-45)32-13-11-14-33-31(32)15-16-52(10)40(33)55/h11,13-16,19-20,25-26,28,39H,12,17-18,21-23,27H2,1-10H3,(H,48,49)/t28?,39-,45?/m0/s1. The van der Waals surface area contributed by atoms with Crippen molar-refractivity contribution >= 4 is 58.6 Å². The fourth-order valence-electron chi connectivity index (χ4n) is 8.00. The molecule has 1 N–H and O–H groups in total. The van der Waals surface area contributed by atoms with E-state index in [2.05, 4.69) is 42.4 Å². The number of nitriles is 1. The Labute approximate surface area is 367 Å². The lowest BCUT2D eigenvalue weighted by atomic mass is 9.50. The first-order valence-electron chi connectivity index (χ1n) is 20.9. The highest BCUT2D eigenvalue weighted by atomic mass is 35.5. The number of aryl methyl sites for hydroxylation is 1. The van der Waals surface area contributed by atoms with Crippen molar-refractivity contribution in [1.82, 2.24) is 24.5 Å². The largest absolute Gasteiger partial charge is 0.475 e. The maximum Gasteiger partial charge on any atom is 0.475 e. The lowest BCUT2D eigenvalue weighted by Crippen LogP contribution is -2.59. The molecule has 3 fully saturated rings. The van der Waals surface area contributed by atoms with E-state index >= 15 is 4.79 Å². The minimum absolute atomic E-state index is 0.114. The van der Waals surface area contributed by atoms with E-state index in [1.807, 2.05) is 23.0 Å². The Morgan fingerprint density at radius 2 is 1.73 bits per heavy atom. The van der Waals surface area contributed by atoms with Crippen LogP contribution in [0, 0.1) is 22.7 Å². The number of halogens is 1. The van der Waals surface area contributed by atoms with Gasteiger partial charge in [0, 0.05) is 43.2 Å². The molecular weight excluding hydrogens is 831 g/mol. The maximum absolute atomic E-state index is 15.0. The van der Waals surface area contributed by atoms with Gasteiger partial charge in [0.25, 0.3) is 5.56 Å². The van der Waals surface area contributed by atoms with Gasteiger partial charge < -0.3 is 14.6 Å². The van der Waals surface area contributed by atoms with Crippen molar-refractivity contribution in [2.45, 2.75) is 111 Å². The average molecular weight is 887 g/mol. The zero-order valence-electron chi connectivity index (χ0n) is 37.1. The van der Waals surface area contributed by atoms with Gasteiger partial charge in [-0.15, -0.1) is 5.10 Å². The first kappa shape index (κ1) is 45.2. The summed E-state index contributed by atoms with van der Waals surface area (Å²) >= 11 is 7.08. The molecular formula is C45H56ClN8O7P. The van der Waals surface area contributed by atoms with Crippen LogP contribution in [0.15, 0.2) is 59.8 Å². The van der Waals surface area contributed by atoms with E-state index in [4.69, 9.17) is 35.0 Å². The second-order valence-electron chi connectivity index (χ2n) is 19.7. The summed E-state index contributed by atoms with van der Waals surface area (Å²) in [6.45, 7) is 17.0. The van der Waals surface area contributed by atoms with E-state index < -0.39 is 31.2 Å². The number of hydrogen-bond donors (Lipinski definition) is 1. The number of carbonyl (C=O) groups excluding carboxylic acids is 1. The number of pyridine rings is 2. The van der Waals surface area contributed by atoms with Gasteiger partial charge in [0.1, 0.15) is 17.8 Å². The topological polar surface area (TPSA) is 176 Å². The van der Waals surface area contributed by atoms with Gasteiger partial charge in [-0.1, -0.05) is 49.7 Å². The van der Waals surface area contributed by atoms with Crippen molar-refractivity contribution in [3.8, 4) is 6.07 Å². The van der Waals surface area contributed by atoms with E-state index in [-0.39, 0.29) is 41.2 Å². The predicted octanol–water partition coefficient (Wildman–Crippen LogP) is 10.0. The summed E-state index contributed by atoms with van der Waals surface area (Å²) in [5.41, 5.74) is 0.438. The highest BCUT2D eigenvalue weighted by molar-refractivity contribution is 7.48. The molecule has 2 bridgehead atoms. The Balaban J connectivity index is 1.34. The molecule has 3 heterocycles. The number of fused-ring (bicyclic) bond motifs is 2. The van der Waals surface area contributed by atoms with Crippen LogP contribution in [0.4, 0.5) is 16.2 Å². The van der Waals surface area contributed by atoms with Crippen molar-refractivity contribution < 1.29 is 27.7 Å². The third kappa shape index (κ3) is 9.55. The second kappa shape index (κ2) is 16.7. The van der Waals surface area contributed by atoms with Crippen LogP contribution in [-0.4, -0.2) is 61.6 Å². The number of hydrogen-bond acceptors (Lipinski definition) is 12. The van der Waals surface area contributed by atoms with E-state index in [1.165, 1.54) is 15.7 Å². The second-order valence-corrected chi connectivity index (χ2v) is 21.6. The zero-order chi connectivity index (χ0) is 45.0. The molecule has 15 nitrogen and oxygen atoms in total. The van der Waals surface area contributed by atoms with Crippen molar-refractivity contribution in [2.24, 2.45) is 18.4 Å². The van der Waals surface area contributed by atoms with Crippen LogP contribution in [0.1, 0.15) is 111 Å². The minimum atomic E-state index is -4.03. The van der Waals surface area contributed by atoms with Crippen LogP contribution in [0.3, 0.4) is 0 Å². The maximum atomic E-state index is 15.0. The van der Waals surface area contributed by atoms with E-state index in [9.17, 15) is 14.6 Å². The molecule has 1 atom stereocenters. The van der Waals surface area contributed by atoms with E-state index in [0.717, 1.165) is 19.3 Å². The third-order valence-electron chi connectivity index (χ3n) is 10.8. The van der Waals surface area contributed by atoms with Crippen LogP contribution < -0.4 is 15.8 Å². The number of benzene rings is 2. The molecule has 1 amide bonds. The summed E-state index contributed by atoms with van der Waals surface area (Å²) in [6.07, 6.45) is 7.42. The molecule has 5 aromatic rings. The summed E-state index contributed by atoms with van der Waals surface area (Å²) in [5.74, 6) is 0.671. The number of phosphoric acid groups is 1. The number of rotatable bonds is 14. The first-order valence-corrected chi connectivity index (χ1v) is 22.7. The summed E-state index contributed by atoms with van der Waals surface area (Å²) in [7, 11) is -2.34. The molecule has 62 heavy (non-hydrogen) atoms. The number of amides is 1. The Morgan fingerprint density at radius 3 is 2.34 bits per heavy atom. The lowest BCUT2D eigenvalue weighted by Gasteiger charge is -2.61. The summed E-state index contributed by atoms with van der Waals surface area (Å²) in [4.78, 5) is 34.6. The van der Waals surface area contributed by atoms with Crippen LogP contribution >= 0.6 is 19.4 Å². The van der Waals surface area contributed by atoms with Gasteiger partial charge in [-0.3, -0.25) is 28.2 Å². The van der Waals surface area contributed by atoms with Crippen LogP contribution in [0.5, 0.6) is 0 Å². The minimum Gasteiger partial charge on any atom is -0.449 e. The molecule has 0 unspecified atom stereocenters. The molecule has 8 rings (SSSR count). The van der Waals surface area contributed by atoms with Crippen LogP contribution in [0.25, 0.3) is 21.7 Å². The van der Waals surface area contributed by atoms with Gasteiger partial charge in [-0.25, -0.2) is 14.0 Å². The number of ether oxygens (including phenoxy) is 1. The Kier molecular flexibility index (Phi) is 12.2. The molecule has 3 aromatic heterocycles. The summed E-state index contributed by atoms with van der Waals surface area (Å²) in [6, 6.07) is 11.9. The predicted molar refractivity (Wildman–Crippen MR) is 239 cm³/mol. The number of carbonyl (C=O) groups is 1. The van der Waals surface area contributed by atoms with E-state index in [0.29, 0.717) is 62.3 Å². The van der Waals surface area contributed by atoms with Gasteiger partial charge in [-0.2, -0.15) is 5.26 Å². The van der Waals surface area contributed by atoms with Crippen molar-refractivity contribution in [3.05, 3.63) is 87.2 Å². The number of nitrogens with zero attached hydrogens (tertiary/aromatic N) is 7. The van der Waals surface area contributed by atoms with E-state index in [1.54, 1.807) is 79.1 Å². The first-order chi connectivity index (χ1) is 29.0. The molecule has 0 spiro atoms. The fraction of sp³-hybridized carbons (Fsp3) is 0.511. The molecule has 3 aliphatic carbocycles. The van der Waals surface area contributed by atoms with Crippen molar-refractivity contribution in [3.63, 3.8) is 0 Å². The number of phosphoric ester groups is 1. The molecule has 3 saturated carbocycles. The zero-order valence-corrected chi connectivity index (χ0v) is 38.8. The SMILES string of the molecule is Cn1ccc2c([C@@H](c3cn(C45CC(C4)C5)nn3)N(C(=O)OCCCOP(=O)(OC(C)(C)C)OC(C)(C)C)c3cc(Cl)c4ncc(C#N)c(NCC(C)(C)C)c4c3)cccc2c1=O. The molecule has 17 heteroatoms. The molecule has 2 aromatic carbocycles. The lowest BCUT2D eigenvalue weighted by molar-refractivity contribution is -0.0989. The third-order valence-corrected chi connectivity index (χ3v) is 13.2. The smallest absolute Gasteiger partial charge is 0.449 e. The number of anilines is 2. The summed E-state index contributed by atoms with van der Waals surface area (Å²) in [5, 5.41) is 24.8. The average Bonchev–Trinajstić information content (AvgIpc) is 3.59. The summed E-state index contributed by atoms with van der Waals surface area (Å²) < 4.78 is 40.5. The molecule has 0 radical (unpaired) electrons. The van der Waals surface area contributed by atoms with Gasteiger partial charge in [0.2, 0.25) is 0 Å². The quantitative estimate of drug-likeness (QED) is 0.0826. The molecule has 0 saturated heterocycles. The highest BCUT2D eigenvalue weighted by Crippen LogP contribution is 2.62.